The Morgan fingerprint density at radius 2 is 1.97 bits per heavy atom. The monoisotopic (exact) mass is 411 g/mol. The summed E-state index contributed by atoms with van der Waals surface area (Å²) in [5.41, 5.74) is 3.70. The van der Waals surface area contributed by atoms with Crippen molar-refractivity contribution in [1.29, 1.82) is 0 Å². The van der Waals surface area contributed by atoms with Gasteiger partial charge in [-0.05, 0) is 53.1 Å². The van der Waals surface area contributed by atoms with Gasteiger partial charge in [0, 0.05) is 44.5 Å². The van der Waals surface area contributed by atoms with Crippen LogP contribution in [0.2, 0.25) is 0 Å². The van der Waals surface area contributed by atoms with Gasteiger partial charge < -0.3 is 9.32 Å². The number of fused-ring (bicyclic) bond motifs is 2. The number of aryl methyl sites for hydroxylation is 1. The van der Waals surface area contributed by atoms with Crippen molar-refractivity contribution in [2.45, 2.75) is 6.42 Å². The SMILES string of the molecule is Cn1c(=O)oc2c(N3CCN(CCc4csc5ccc(F)cc45)CC3)cccc21. The van der Waals surface area contributed by atoms with E-state index in [0.29, 0.717) is 5.58 Å². The van der Waals surface area contributed by atoms with E-state index in [0.717, 1.165) is 60.4 Å². The molecule has 29 heavy (non-hydrogen) atoms. The summed E-state index contributed by atoms with van der Waals surface area (Å²) in [5.74, 6) is -0.502. The molecule has 0 spiro atoms. The number of benzene rings is 2. The van der Waals surface area contributed by atoms with Gasteiger partial charge in [0.2, 0.25) is 0 Å². The zero-order valence-corrected chi connectivity index (χ0v) is 17.0. The highest BCUT2D eigenvalue weighted by Crippen LogP contribution is 2.28. The highest BCUT2D eigenvalue weighted by Gasteiger charge is 2.21. The van der Waals surface area contributed by atoms with Crippen molar-refractivity contribution in [3.63, 3.8) is 0 Å². The number of anilines is 1. The van der Waals surface area contributed by atoms with Gasteiger partial charge >= 0.3 is 5.76 Å². The summed E-state index contributed by atoms with van der Waals surface area (Å²) in [4.78, 5) is 16.6. The van der Waals surface area contributed by atoms with Crippen molar-refractivity contribution in [2.24, 2.45) is 7.05 Å². The lowest BCUT2D eigenvalue weighted by molar-refractivity contribution is 0.261. The normalized spacial score (nSPS) is 15.6. The zero-order valence-electron chi connectivity index (χ0n) is 16.2. The van der Waals surface area contributed by atoms with Gasteiger partial charge in [-0.15, -0.1) is 11.3 Å². The van der Waals surface area contributed by atoms with Crippen molar-refractivity contribution in [1.82, 2.24) is 9.47 Å². The Kier molecular flexibility index (Phi) is 4.64. The number of para-hydroxylation sites is 1. The average molecular weight is 412 g/mol. The molecule has 1 saturated heterocycles. The van der Waals surface area contributed by atoms with Crippen LogP contribution in [0.3, 0.4) is 0 Å². The van der Waals surface area contributed by atoms with Gasteiger partial charge in [-0.2, -0.15) is 0 Å². The fraction of sp³-hybridized carbons (Fsp3) is 0.318. The summed E-state index contributed by atoms with van der Waals surface area (Å²) in [6.45, 7) is 4.63. The third kappa shape index (κ3) is 3.34. The van der Waals surface area contributed by atoms with Crippen molar-refractivity contribution in [2.75, 3.05) is 37.6 Å². The molecule has 1 aliphatic heterocycles. The van der Waals surface area contributed by atoms with Crippen LogP contribution in [0.25, 0.3) is 21.2 Å². The number of rotatable bonds is 4. The minimum absolute atomic E-state index is 0.174. The molecule has 0 unspecified atom stereocenters. The van der Waals surface area contributed by atoms with E-state index in [-0.39, 0.29) is 11.6 Å². The number of aromatic nitrogens is 1. The van der Waals surface area contributed by atoms with Crippen molar-refractivity contribution < 1.29 is 8.81 Å². The Morgan fingerprint density at radius 1 is 1.14 bits per heavy atom. The summed E-state index contributed by atoms with van der Waals surface area (Å²) in [6.07, 6.45) is 0.923. The van der Waals surface area contributed by atoms with Crippen LogP contribution < -0.4 is 10.7 Å². The van der Waals surface area contributed by atoms with Gasteiger partial charge in [0.1, 0.15) is 5.82 Å². The molecule has 1 aliphatic rings. The van der Waals surface area contributed by atoms with Crippen LogP contribution in [-0.2, 0) is 13.5 Å². The molecule has 2 aromatic heterocycles. The summed E-state index contributed by atoms with van der Waals surface area (Å²) in [6, 6.07) is 10.9. The quantitative estimate of drug-likeness (QED) is 0.512. The van der Waals surface area contributed by atoms with Gasteiger partial charge in [-0.25, -0.2) is 9.18 Å². The van der Waals surface area contributed by atoms with E-state index in [2.05, 4.69) is 15.2 Å². The molecule has 0 bridgehead atoms. The maximum atomic E-state index is 13.6. The van der Waals surface area contributed by atoms with Crippen LogP contribution in [0.1, 0.15) is 5.56 Å². The summed E-state index contributed by atoms with van der Waals surface area (Å²) in [5, 5.41) is 3.19. The Morgan fingerprint density at radius 3 is 2.79 bits per heavy atom. The van der Waals surface area contributed by atoms with Crippen LogP contribution in [-0.4, -0.2) is 42.2 Å². The summed E-state index contributed by atoms with van der Waals surface area (Å²) < 4.78 is 21.8. The Bertz CT molecular complexity index is 1230. The molecule has 0 amide bonds. The van der Waals surface area contributed by atoms with Crippen LogP contribution in [0.5, 0.6) is 0 Å². The Balaban J connectivity index is 1.26. The zero-order chi connectivity index (χ0) is 20.0. The van der Waals surface area contributed by atoms with Crippen LogP contribution in [0.15, 0.2) is 51.0 Å². The lowest BCUT2D eigenvalue weighted by atomic mass is 10.1. The second kappa shape index (κ2) is 7.31. The van der Waals surface area contributed by atoms with Gasteiger partial charge in [0.25, 0.3) is 0 Å². The molecule has 0 radical (unpaired) electrons. The van der Waals surface area contributed by atoms with Crippen LogP contribution >= 0.6 is 11.3 Å². The number of hydrogen-bond donors (Lipinski definition) is 0. The molecule has 0 atom stereocenters. The van der Waals surface area contributed by atoms with Crippen LogP contribution in [0.4, 0.5) is 10.1 Å². The molecule has 0 saturated carbocycles. The maximum Gasteiger partial charge on any atom is 0.419 e. The number of thiophene rings is 1. The first-order valence-electron chi connectivity index (χ1n) is 9.81. The highest BCUT2D eigenvalue weighted by molar-refractivity contribution is 7.17. The number of halogens is 1. The predicted molar refractivity (Wildman–Crippen MR) is 116 cm³/mol. The molecular formula is C22H22FN3O2S. The maximum absolute atomic E-state index is 13.6. The fourth-order valence-corrected chi connectivity index (χ4v) is 5.10. The first-order chi connectivity index (χ1) is 14.1. The van der Waals surface area contributed by atoms with Gasteiger partial charge in [-0.1, -0.05) is 6.07 Å². The Hall–Kier alpha value is -2.64. The van der Waals surface area contributed by atoms with Crippen molar-refractivity contribution in [3.8, 4) is 0 Å². The molecule has 4 aromatic rings. The minimum atomic E-state index is -0.328. The highest BCUT2D eigenvalue weighted by atomic mass is 32.1. The van der Waals surface area contributed by atoms with Gasteiger partial charge in [-0.3, -0.25) is 9.47 Å². The largest absolute Gasteiger partial charge is 0.419 e. The van der Waals surface area contributed by atoms with Crippen LogP contribution in [0, 0.1) is 5.82 Å². The molecule has 2 aromatic carbocycles. The first kappa shape index (κ1) is 18.4. The molecule has 5 nitrogen and oxygen atoms in total. The number of hydrogen-bond acceptors (Lipinski definition) is 5. The number of nitrogens with zero attached hydrogens (tertiary/aromatic N) is 3. The first-order valence-corrected chi connectivity index (χ1v) is 10.7. The summed E-state index contributed by atoms with van der Waals surface area (Å²) in [7, 11) is 1.73. The smallest absolute Gasteiger partial charge is 0.405 e. The second-order valence-electron chi connectivity index (χ2n) is 7.53. The fourth-order valence-electron chi connectivity index (χ4n) is 4.12. The molecule has 3 heterocycles. The second-order valence-corrected chi connectivity index (χ2v) is 8.44. The molecule has 5 rings (SSSR count). The molecule has 150 valence electrons. The van der Waals surface area contributed by atoms with E-state index in [9.17, 15) is 9.18 Å². The van der Waals surface area contributed by atoms with E-state index in [1.165, 1.54) is 11.6 Å². The molecule has 0 N–H and O–H groups in total. The topological polar surface area (TPSA) is 41.6 Å². The lowest BCUT2D eigenvalue weighted by Gasteiger charge is -2.36. The molecule has 0 aliphatic carbocycles. The standard InChI is InChI=1S/C22H22FN3O2S/c1-24-18-3-2-4-19(21(18)28-22(24)27)26-11-9-25(10-12-26)8-7-15-14-29-20-6-5-16(23)13-17(15)20/h2-6,13-14H,7-12H2,1H3. The van der Waals surface area contributed by atoms with E-state index in [1.807, 2.05) is 24.3 Å². The van der Waals surface area contributed by atoms with E-state index in [4.69, 9.17) is 4.42 Å². The van der Waals surface area contributed by atoms with Crippen molar-refractivity contribution in [3.05, 3.63) is 63.7 Å². The third-order valence-corrected chi connectivity index (χ3v) is 6.84. The lowest BCUT2D eigenvalue weighted by Crippen LogP contribution is -2.47. The van der Waals surface area contributed by atoms with Gasteiger partial charge in [0.05, 0.1) is 11.2 Å². The molecule has 1 fully saturated rings. The summed E-state index contributed by atoms with van der Waals surface area (Å²) >= 11 is 1.68. The van der Waals surface area contributed by atoms with E-state index in [1.54, 1.807) is 29.0 Å². The van der Waals surface area contributed by atoms with E-state index >= 15 is 0 Å². The minimum Gasteiger partial charge on any atom is -0.405 e. The average Bonchev–Trinajstić information content (AvgIpc) is 3.27. The molecule has 7 heteroatoms. The Labute approximate surface area is 171 Å². The van der Waals surface area contributed by atoms with Crippen molar-refractivity contribution >= 4 is 38.2 Å². The number of piperazine rings is 1. The third-order valence-electron chi connectivity index (χ3n) is 5.82. The molecular weight excluding hydrogens is 389 g/mol. The van der Waals surface area contributed by atoms with Gasteiger partial charge in [0.15, 0.2) is 5.58 Å². The predicted octanol–water partition coefficient (Wildman–Crippen LogP) is 3.85. The van der Waals surface area contributed by atoms with E-state index < -0.39 is 0 Å². The number of oxazole rings is 1.